The van der Waals surface area contributed by atoms with E-state index in [1.807, 2.05) is 26.0 Å². The average molecular weight is 476 g/mol. The van der Waals surface area contributed by atoms with Crippen molar-refractivity contribution in [3.8, 4) is 17.6 Å². The van der Waals surface area contributed by atoms with Crippen LogP contribution in [0.15, 0.2) is 17.0 Å². The standard InChI is InChI=1S/C24H33N3O5S/c1-4-30-21-12-18-6-7-26-24(20(18)13-22(21)31-5-2)23(14-25)33-16-19(32-17(3)28)15-27-8-10-29-11-9-27/h12-13,19,26H,4-11,15-16H2,1-3H3. The highest BCUT2D eigenvalue weighted by atomic mass is 32.2. The maximum atomic E-state index is 11.7. The third-order valence-corrected chi connectivity index (χ3v) is 6.50. The number of hydrogen-bond acceptors (Lipinski definition) is 9. The van der Waals surface area contributed by atoms with E-state index in [0.717, 1.165) is 48.6 Å². The maximum absolute atomic E-state index is 11.7. The van der Waals surface area contributed by atoms with Crippen LogP contribution in [0.1, 0.15) is 31.9 Å². The molecule has 1 saturated heterocycles. The zero-order valence-corrected chi connectivity index (χ0v) is 20.5. The number of allylic oxidation sites excluding steroid dienone is 1. The van der Waals surface area contributed by atoms with Crippen LogP contribution in [-0.4, -0.2) is 75.3 Å². The van der Waals surface area contributed by atoms with Gasteiger partial charge >= 0.3 is 5.97 Å². The summed E-state index contributed by atoms with van der Waals surface area (Å²) >= 11 is 1.41. The summed E-state index contributed by atoms with van der Waals surface area (Å²) in [5.41, 5.74) is 2.86. The van der Waals surface area contributed by atoms with Crippen molar-refractivity contribution in [1.29, 1.82) is 5.26 Å². The molecule has 0 aromatic heterocycles. The van der Waals surface area contributed by atoms with Gasteiger partial charge in [-0.15, -0.1) is 11.8 Å². The molecule has 9 heteroatoms. The van der Waals surface area contributed by atoms with Crippen molar-refractivity contribution in [2.24, 2.45) is 0 Å². The van der Waals surface area contributed by atoms with Crippen LogP contribution in [-0.2, 0) is 20.7 Å². The third-order valence-electron chi connectivity index (χ3n) is 5.38. The van der Waals surface area contributed by atoms with Gasteiger partial charge in [0.1, 0.15) is 17.1 Å². The van der Waals surface area contributed by atoms with E-state index in [0.29, 0.717) is 49.4 Å². The fourth-order valence-corrected chi connectivity index (χ4v) is 4.88. The smallest absolute Gasteiger partial charge is 0.302 e. The van der Waals surface area contributed by atoms with Gasteiger partial charge in [-0.3, -0.25) is 9.69 Å². The fraction of sp³-hybridized carbons (Fsp3) is 0.583. The molecule has 2 aliphatic rings. The van der Waals surface area contributed by atoms with Gasteiger partial charge in [0.15, 0.2) is 11.5 Å². The SMILES string of the molecule is CCOc1cc2c(cc1OCC)C(=C(C#N)SCC(CN1CCOCC1)OC(C)=O)NCC2. The molecule has 0 saturated carbocycles. The molecule has 0 spiro atoms. The minimum Gasteiger partial charge on any atom is -0.490 e. The predicted octanol–water partition coefficient (Wildman–Crippen LogP) is 2.82. The first kappa shape index (κ1) is 25.2. The Balaban J connectivity index is 1.82. The molecule has 2 heterocycles. The second-order valence-corrected chi connectivity index (χ2v) is 8.80. The lowest BCUT2D eigenvalue weighted by Crippen LogP contribution is -2.42. The van der Waals surface area contributed by atoms with Gasteiger partial charge in [0, 0.05) is 44.4 Å². The van der Waals surface area contributed by atoms with Gasteiger partial charge in [-0.1, -0.05) is 0 Å². The summed E-state index contributed by atoms with van der Waals surface area (Å²) in [5, 5.41) is 13.4. The number of rotatable bonds is 10. The Hall–Kier alpha value is -2.41. The van der Waals surface area contributed by atoms with Crippen molar-refractivity contribution < 1.29 is 23.7 Å². The Morgan fingerprint density at radius 3 is 2.58 bits per heavy atom. The van der Waals surface area contributed by atoms with Gasteiger partial charge in [0.25, 0.3) is 0 Å². The lowest BCUT2D eigenvalue weighted by molar-refractivity contribution is -0.146. The highest BCUT2D eigenvalue weighted by molar-refractivity contribution is 8.03. The normalized spacial score (nSPS) is 18.4. The van der Waals surface area contributed by atoms with Gasteiger partial charge in [0.05, 0.1) is 32.1 Å². The molecule has 2 aliphatic heterocycles. The molecule has 0 bridgehead atoms. The van der Waals surface area contributed by atoms with Crippen molar-refractivity contribution in [3.63, 3.8) is 0 Å². The first-order chi connectivity index (χ1) is 16.0. The molecular formula is C24H33N3O5S. The number of benzene rings is 1. The van der Waals surface area contributed by atoms with E-state index in [4.69, 9.17) is 18.9 Å². The van der Waals surface area contributed by atoms with Crippen molar-refractivity contribution in [2.45, 2.75) is 33.3 Å². The Kier molecular flexibility index (Phi) is 9.73. The topological polar surface area (TPSA) is 93.1 Å². The molecule has 1 fully saturated rings. The molecule has 0 amide bonds. The highest BCUT2D eigenvalue weighted by Crippen LogP contribution is 2.38. The quantitative estimate of drug-likeness (QED) is 0.405. The zero-order valence-electron chi connectivity index (χ0n) is 19.6. The average Bonchev–Trinajstić information content (AvgIpc) is 2.80. The summed E-state index contributed by atoms with van der Waals surface area (Å²) < 4.78 is 22.6. The summed E-state index contributed by atoms with van der Waals surface area (Å²) in [7, 11) is 0. The molecule has 0 radical (unpaired) electrons. The van der Waals surface area contributed by atoms with Crippen molar-refractivity contribution in [2.75, 3.05) is 58.4 Å². The molecule has 8 nitrogen and oxygen atoms in total. The molecule has 1 atom stereocenters. The Morgan fingerprint density at radius 2 is 1.94 bits per heavy atom. The van der Waals surface area contributed by atoms with Crippen LogP contribution in [0.5, 0.6) is 11.5 Å². The van der Waals surface area contributed by atoms with Gasteiger partial charge < -0.3 is 24.3 Å². The summed E-state index contributed by atoms with van der Waals surface area (Å²) in [4.78, 5) is 14.5. The summed E-state index contributed by atoms with van der Waals surface area (Å²) in [6, 6.07) is 6.33. The van der Waals surface area contributed by atoms with E-state index in [9.17, 15) is 10.1 Å². The van der Waals surface area contributed by atoms with Crippen LogP contribution in [0.4, 0.5) is 0 Å². The van der Waals surface area contributed by atoms with Crippen molar-refractivity contribution >= 4 is 23.4 Å². The summed E-state index contributed by atoms with van der Waals surface area (Å²) in [6.45, 7) is 10.7. The van der Waals surface area contributed by atoms with Crippen LogP contribution in [0, 0.1) is 11.3 Å². The molecule has 0 aliphatic carbocycles. The second kappa shape index (κ2) is 12.7. The summed E-state index contributed by atoms with van der Waals surface area (Å²) in [5.74, 6) is 1.58. The van der Waals surface area contributed by atoms with Crippen LogP contribution in [0.3, 0.4) is 0 Å². The van der Waals surface area contributed by atoms with Gasteiger partial charge in [0.2, 0.25) is 0 Å². The largest absolute Gasteiger partial charge is 0.490 e. The van der Waals surface area contributed by atoms with Crippen LogP contribution < -0.4 is 14.8 Å². The lowest BCUT2D eigenvalue weighted by Gasteiger charge is -2.30. The number of fused-ring (bicyclic) bond motifs is 1. The number of thioether (sulfide) groups is 1. The highest BCUT2D eigenvalue weighted by Gasteiger charge is 2.24. The van der Waals surface area contributed by atoms with E-state index in [1.54, 1.807) is 0 Å². The number of ether oxygens (including phenoxy) is 4. The minimum atomic E-state index is -0.314. The number of morpholine rings is 1. The van der Waals surface area contributed by atoms with Crippen molar-refractivity contribution in [3.05, 3.63) is 28.2 Å². The lowest BCUT2D eigenvalue weighted by atomic mass is 9.97. The van der Waals surface area contributed by atoms with Crippen LogP contribution in [0.25, 0.3) is 5.70 Å². The van der Waals surface area contributed by atoms with Gasteiger partial charge in [-0.2, -0.15) is 5.26 Å². The van der Waals surface area contributed by atoms with Gasteiger partial charge in [-0.25, -0.2) is 0 Å². The van der Waals surface area contributed by atoms with E-state index in [-0.39, 0.29) is 12.1 Å². The number of esters is 1. The Labute approximate surface area is 200 Å². The van der Waals surface area contributed by atoms with Crippen molar-refractivity contribution in [1.82, 2.24) is 10.2 Å². The number of nitrogens with one attached hydrogen (secondary N) is 1. The molecule has 1 aromatic rings. The van der Waals surface area contributed by atoms with E-state index in [1.165, 1.54) is 18.7 Å². The summed E-state index contributed by atoms with van der Waals surface area (Å²) in [6.07, 6.45) is 0.527. The van der Waals surface area contributed by atoms with Crippen LogP contribution in [0.2, 0.25) is 0 Å². The molecular weight excluding hydrogens is 442 g/mol. The minimum absolute atomic E-state index is 0.308. The first-order valence-electron chi connectivity index (χ1n) is 11.5. The molecule has 1 unspecified atom stereocenters. The number of carbonyl (C=O) groups excluding carboxylic acids is 1. The Morgan fingerprint density at radius 1 is 1.24 bits per heavy atom. The molecule has 33 heavy (non-hydrogen) atoms. The van der Waals surface area contributed by atoms with E-state index in [2.05, 4.69) is 16.3 Å². The number of nitriles is 1. The maximum Gasteiger partial charge on any atom is 0.302 e. The Bertz CT molecular complexity index is 893. The molecule has 180 valence electrons. The predicted molar refractivity (Wildman–Crippen MR) is 128 cm³/mol. The first-order valence-corrected chi connectivity index (χ1v) is 12.5. The molecule has 1 N–H and O–H groups in total. The second-order valence-electron chi connectivity index (χ2n) is 7.77. The number of carbonyl (C=O) groups is 1. The van der Waals surface area contributed by atoms with E-state index < -0.39 is 0 Å². The molecule has 3 rings (SSSR count). The van der Waals surface area contributed by atoms with Gasteiger partial charge in [-0.05, 0) is 38.0 Å². The number of hydrogen-bond donors (Lipinski definition) is 1. The zero-order chi connectivity index (χ0) is 23.6. The van der Waals surface area contributed by atoms with E-state index >= 15 is 0 Å². The fourth-order valence-electron chi connectivity index (χ4n) is 3.97. The number of nitrogens with zero attached hydrogens (tertiary/aromatic N) is 2. The molecule has 1 aromatic carbocycles. The van der Waals surface area contributed by atoms with Crippen LogP contribution >= 0.6 is 11.8 Å². The third kappa shape index (κ3) is 7.03. The monoisotopic (exact) mass is 475 g/mol.